The Hall–Kier alpha value is -0.910. The number of hydrogen-bond acceptors (Lipinski definition) is 4. The summed E-state index contributed by atoms with van der Waals surface area (Å²) in [7, 11) is 0. The van der Waals surface area contributed by atoms with Gasteiger partial charge in [0.25, 0.3) is 0 Å². The van der Waals surface area contributed by atoms with Gasteiger partial charge in [-0.15, -0.1) is 11.3 Å². The molecule has 0 aliphatic carbocycles. The summed E-state index contributed by atoms with van der Waals surface area (Å²) < 4.78 is 0. The van der Waals surface area contributed by atoms with Crippen LogP contribution in [0.2, 0.25) is 0 Å². The van der Waals surface area contributed by atoms with Crippen LogP contribution in [-0.4, -0.2) is 41.6 Å². The number of amides is 1. The SMILES string of the molecule is CCCN1CCCC1C(=O)NCC(C)(O)c1cccs1. The highest BCUT2D eigenvalue weighted by Crippen LogP contribution is 2.25. The molecule has 2 atom stereocenters. The van der Waals surface area contributed by atoms with E-state index in [1.165, 1.54) is 11.3 Å². The largest absolute Gasteiger partial charge is 0.383 e. The van der Waals surface area contributed by atoms with Gasteiger partial charge in [-0.2, -0.15) is 0 Å². The number of carbonyl (C=O) groups excluding carboxylic acids is 1. The number of hydrogen-bond donors (Lipinski definition) is 2. The smallest absolute Gasteiger partial charge is 0.237 e. The van der Waals surface area contributed by atoms with E-state index in [0.717, 1.165) is 37.2 Å². The van der Waals surface area contributed by atoms with Crippen LogP contribution in [0.4, 0.5) is 0 Å². The lowest BCUT2D eigenvalue weighted by Crippen LogP contribution is -2.47. The van der Waals surface area contributed by atoms with E-state index < -0.39 is 5.60 Å². The first kappa shape index (κ1) is 15.5. The van der Waals surface area contributed by atoms with Crippen molar-refractivity contribution in [3.05, 3.63) is 22.4 Å². The predicted octanol–water partition coefficient (Wildman–Crippen LogP) is 1.95. The van der Waals surface area contributed by atoms with E-state index in [2.05, 4.69) is 17.1 Å². The highest BCUT2D eigenvalue weighted by atomic mass is 32.1. The van der Waals surface area contributed by atoms with Gasteiger partial charge in [-0.3, -0.25) is 9.69 Å². The zero-order chi connectivity index (χ0) is 14.6. The molecule has 1 amide bonds. The van der Waals surface area contributed by atoms with Crippen molar-refractivity contribution in [1.29, 1.82) is 0 Å². The van der Waals surface area contributed by atoms with Crippen molar-refractivity contribution in [2.24, 2.45) is 0 Å². The quantitative estimate of drug-likeness (QED) is 0.843. The van der Waals surface area contributed by atoms with Crippen LogP contribution in [0.5, 0.6) is 0 Å². The third-order valence-corrected chi connectivity index (χ3v) is 4.96. The summed E-state index contributed by atoms with van der Waals surface area (Å²) in [5.41, 5.74) is -0.988. The predicted molar refractivity (Wildman–Crippen MR) is 81.8 cm³/mol. The zero-order valence-electron chi connectivity index (χ0n) is 12.3. The lowest BCUT2D eigenvalue weighted by Gasteiger charge is -2.26. The van der Waals surface area contributed by atoms with Gasteiger partial charge in [0.05, 0.1) is 12.6 Å². The maximum absolute atomic E-state index is 12.3. The maximum Gasteiger partial charge on any atom is 0.237 e. The van der Waals surface area contributed by atoms with Crippen LogP contribution in [0.15, 0.2) is 17.5 Å². The van der Waals surface area contributed by atoms with E-state index in [1.807, 2.05) is 17.5 Å². The van der Waals surface area contributed by atoms with Gasteiger partial charge in [0.2, 0.25) is 5.91 Å². The molecule has 0 spiro atoms. The first-order chi connectivity index (χ1) is 9.54. The van der Waals surface area contributed by atoms with Crippen molar-refractivity contribution in [3.8, 4) is 0 Å². The molecule has 2 rings (SSSR count). The molecule has 4 nitrogen and oxygen atoms in total. The van der Waals surface area contributed by atoms with Gasteiger partial charge >= 0.3 is 0 Å². The molecule has 0 bridgehead atoms. The highest BCUT2D eigenvalue weighted by molar-refractivity contribution is 7.10. The Morgan fingerprint density at radius 3 is 3.10 bits per heavy atom. The van der Waals surface area contributed by atoms with E-state index >= 15 is 0 Å². The third kappa shape index (κ3) is 3.59. The first-order valence-corrected chi connectivity index (χ1v) is 8.20. The van der Waals surface area contributed by atoms with Gasteiger partial charge in [0.15, 0.2) is 0 Å². The van der Waals surface area contributed by atoms with E-state index in [0.29, 0.717) is 0 Å². The number of thiophene rings is 1. The topological polar surface area (TPSA) is 52.6 Å². The molecular weight excluding hydrogens is 272 g/mol. The van der Waals surface area contributed by atoms with Crippen molar-refractivity contribution >= 4 is 17.2 Å². The lowest BCUT2D eigenvalue weighted by atomic mass is 10.0. The third-order valence-electron chi connectivity index (χ3n) is 3.84. The fourth-order valence-corrected chi connectivity index (χ4v) is 3.51. The number of likely N-dealkylation sites (tertiary alicyclic amines) is 1. The summed E-state index contributed by atoms with van der Waals surface area (Å²) in [6.45, 7) is 6.13. The van der Waals surface area contributed by atoms with Crippen LogP contribution in [0.1, 0.15) is 38.0 Å². The average molecular weight is 296 g/mol. The maximum atomic E-state index is 12.3. The molecule has 5 heteroatoms. The van der Waals surface area contributed by atoms with Gasteiger partial charge in [0, 0.05) is 4.88 Å². The van der Waals surface area contributed by atoms with E-state index in [-0.39, 0.29) is 18.5 Å². The Bertz CT molecular complexity index is 431. The molecule has 1 aliphatic heterocycles. The van der Waals surface area contributed by atoms with E-state index in [4.69, 9.17) is 0 Å². The molecule has 112 valence electrons. The van der Waals surface area contributed by atoms with E-state index in [9.17, 15) is 9.90 Å². The molecule has 0 radical (unpaired) electrons. The van der Waals surface area contributed by atoms with Crippen LogP contribution in [-0.2, 0) is 10.4 Å². The minimum atomic E-state index is -0.988. The zero-order valence-corrected chi connectivity index (χ0v) is 13.1. The second-order valence-electron chi connectivity index (χ2n) is 5.66. The summed E-state index contributed by atoms with van der Waals surface area (Å²) in [5.74, 6) is 0.0489. The Balaban J connectivity index is 1.89. The molecule has 2 N–H and O–H groups in total. The van der Waals surface area contributed by atoms with Crippen molar-refractivity contribution in [3.63, 3.8) is 0 Å². The molecule has 0 saturated carbocycles. The van der Waals surface area contributed by atoms with Crippen LogP contribution in [0.25, 0.3) is 0 Å². The monoisotopic (exact) mass is 296 g/mol. The van der Waals surface area contributed by atoms with E-state index in [1.54, 1.807) is 6.92 Å². The Kier molecular flexibility index (Phi) is 5.18. The van der Waals surface area contributed by atoms with Crippen molar-refractivity contribution in [2.75, 3.05) is 19.6 Å². The molecule has 1 aliphatic rings. The first-order valence-electron chi connectivity index (χ1n) is 7.32. The fraction of sp³-hybridized carbons (Fsp3) is 0.667. The Labute approximate surface area is 124 Å². The molecule has 2 heterocycles. The molecule has 0 aromatic carbocycles. The van der Waals surface area contributed by atoms with Crippen molar-refractivity contribution in [1.82, 2.24) is 10.2 Å². The van der Waals surface area contributed by atoms with Gasteiger partial charge in [-0.25, -0.2) is 0 Å². The minimum absolute atomic E-state index is 0.0194. The van der Waals surface area contributed by atoms with Crippen LogP contribution >= 0.6 is 11.3 Å². The minimum Gasteiger partial charge on any atom is -0.383 e. The second-order valence-corrected chi connectivity index (χ2v) is 6.61. The summed E-state index contributed by atoms with van der Waals surface area (Å²) in [4.78, 5) is 15.4. The number of rotatable bonds is 6. The van der Waals surface area contributed by atoms with Crippen LogP contribution in [0.3, 0.4) is 0 Å². The normalized spacial score (nSPS) is 22.6. The highest BCUT2D eigenvalue weighted by Gasteiger charge is 2.32. The Morgan fingerprint density at radius 1 is 1.65 bits per heavy atom. The standard InChI is InChI=1S/C15H24N2O2S/c1-3-8-17-9-4-6-12(17)14(18)16-11-15(2,19)13-7-5-10-20-13/h5,7,10,12,19H,3-4,6,8-9,11H2,1-2H3,(H,16,18). The molecule has 1 aromatic heterocycles. The fourth-order valence-electron chi connectivity index (χ4n) is 2.73. The van der Waals surface area contributed by atoms with Crippen LogP contribution in [0, 0.1) is 0 Å². The molecule has 1 aromatic rings. The summed E-state index contributed by atoms with van der Waals surface area (Å²) in [6, 6.07) is 3.79. The molecule has 1 saturated heterocycles. The van der Waals surface area contributed by atoms with Crippen molar-refractivity contribution < 1.29 is 9.90 Å². The van der Waals surface area contributed by atoms with Crippen molar-refractivity contribution in [2.45, 2.75) is 44.8 Å². The number of nitrogens with one attached hydrogen (secondary N) is 1. The second kappa shape index (κ2) is 6.70. The van der Waals surface area contributed by atoms with Gasteiger partial charge in [-0.05, 0) is 50.7 Å². The summed E-state index contributed by atoms with van der Waals surface area (Å²) in [6.07, 6.45) is 3.07. The van der Waals surface area contributed by atoms with Crippen LogP contribution < -0.4 is 5.32 Å². The molecular formula is C15H24N2O2S. The number of nitrogens with zero attached hydrogens (tertiary/aromatic N) is 1. The molecule has 2 unspecified atom stereocenters. The Morgan fingerprint density at radius 2 is 2.45 bits per heavy atom. The number of aliphatic hydroxyl groups is 1. The van der Waals surface area contributed by atoms with Gasteiger partial charge in [0.1, 0.15) is 5.60 Å². The molecule has 20 heavy (non-hydrogen) atoms. The lowest BCUT2D eigenvalue weighted by molar-refractivity contribution is -0.126. The van der Waals surface area contributed by atoms with Gasteiger partial charge < -0.3 is 10.4 Å². The number of carbonyl (C=O) groups is 1. The summed E-state index contributed by atoms with van der Waals surface area (Å²) in [5, 5.41) is 15.3. The summed E-state index contributed by atoms with van der Waals surface area (Å²) >= 11 is 1.51. The van der Waals surface area contributed by atoms with Gasteiger partial charge in [-0.1, -0.05) is 13.0 Å². The molecule has 1 fully saturated rings. The average Bonchev–Trinajstić information content (AvgIpc) is 3.07.